The molecule has 0 spiro atoms. The molecule has 1 heterocycles. The highest BCUT2D eigenvalue weighted by atomic mass is 16.5. The number of hydrogen-bond acceptors (Lipinski definition) is 5. The molecule has 2 aromatic rings. The van der Waals surface area contributed by atoms with Crippen LogP contribution in [0.5, 0.6) is 11.5 Å². The predicted octanol–water partition coefficient (Wildman–Crippen LogP) is 3.57. The summed E-state index contributed by atoms with van der Waals surface area (Å²) >= 11 is 0. The smallest absolute Gasteiger partial charge is 0.282 e. The van der Waals surface area contributed by atoms with E-state index in [2.05, 4.69) is 5.10 Å². The lowest BCUT2D eigenvalue weighted by atomic mass is 9.77. The quantitative estimate of drug-likeness (QED) is 0.740. The summed E-state index contributed by atoms with van der Waals surface area (Å²) in [7, 11) is 3.10. The summed E-state index contributed by atoms with van der Waals surface area (Å²) in [5.74, 6) is 2.29. The lowest BCUT2D eigenvalue weighted by molar-refractivity contribution is 0.0855. The van der Waals surface area contributed by atoms with Crippen molar-refractivity contribution in [1.82, 2.24) is 9.78 Å². The monoisotopic (exact) mass is 382 g/mol. The third-order valence-electron chi connectivity index (χ3n) is 6.17. The lowest BCUT2D eigenvalue weighted by Crippen LogP contribution is -2.32. The van der Waals surface area contributed by atoms with Gasteiger partial charge < -0.3 is 9.47 Å². The van der Waals surface area contributed by atoms with Gasteiger partial charge in [-0.2, -0.15) is 9.78 Å². The van der Waals surface area contributed by atoms with Crippen molar-refractivity contribution >= 4 is 5.78 Å². The van der Waals surface area contributed by atoms with Crippen LogP contribution in [0.2, 0.25) is 0 Å². The van der Waals surface area contributed by atoms with Crippen LogP contribution in [0, 0.1) is 24.7 Å². The van der Waals surface area contributed by atoms with Gasteiger partial charge in [-0.25, -0.2) is 0 Å². The van der Waals surface area contributed by atoms with Crippen molar-refractivity contribution in [3.63, 3.8) is 0 Å². The molecule has 0 N–H and O–H groups in total. The summed E-state index contributed by atoms with van der Waals surface area (Å²) in [6, 6.07) is 6.80. The van der Waals surface area contributed by atoms with Crippen LogP contribution in [0.3, 0.4) is 0 Å². The van der Waals surface area contributed by atoms with E-state index >= 15 is 0 Å². The van der Waals surface area contributed by atoms with Gasteiger partial charge >= 0.3 is 0 Å². The first-order valence-electron chi connectivity index (χ1n) is 9.87. The average Bonchev–Trinajstić information content (AvgIpc) is 3.05. The molecule has 2 aliphatic carbocycles. The molecule has 2 saturated carbocycles. The molecule has 1 aromatic carbocycles. The predicted molar refractivity (Wildman–Crippen MR) is 106 cm³/mol. The van der Waals surface area contributed by atoms with Crippen molar-refractivity contribution < 1.29 is 14.3 Å². The number of methoxy groups -OCH3 is 2. The molecule has 0 radical (unpaired) electrons. The number of hydrogen-bond donors (Lipinski definition) is 0. The first kappa shape index (κ1) is 18.7. The van der Waals surface area contributed by atoms with Crippen molar-refractivity contribution in [3.8, 4) is 17.2 Å². The van der Waals surface area contributed by atoms with E-state index < -0.39 is 0 Å². The molecule has 2 atom stereocenters. The molecular weight excluding hydrogens is 356 g/mol. The van der Waals surface area contributed by atoms with E-state index in [1.54, 1.807) is 45.4 Å². The third kappa shape index (κ3) is 3.32. The molecule has 2 fully saturated rings. The number of ketones is 1. The van der Waals surface area contributed by atoms with E-state index in [1.165, 1.54) is 23.9 Å². The zero-order valence-electron chi connectivity index (χ0n) is 16.6. The molecule has 1 aromatic heterocycles. The second-order valence-corrected chi connectivity index (χ2v) is 8.03. The molecule has 2 aliphatic rings. The summed E-state index contributed by atoms with van der Waals surface area (Å²) in [4.78, 5) is 26.4. The Balaban J connectivity index is 1.72. The number of fused-ring (bicyclic) bond motifs is 2. The fourth-order valence-electron chi connectivity index (χ4n) is 4.87. The summed E-state index contributed by atoms with van der Waals surface area (Å²) in [6.45, 7) is 1.80. The van der Waals surface area contributed by atoms with Gasteiger partial charge in [-0.15, -0.1) is 0 Å². The Labute approximate surface area is 164 Å². The summed E-state index contributed by atoms with van der Waals surface area (Å²) < 4.78 is 11.9. The third-order valence-corrected chi connectivity index (χ3v) is 6.17. The Morgan fingerprint density at radius 2 is 1.71 bits per heavy atom. The minimum Gasteiger partial charge on any atom is -0.493 e. The zero-order chi connectivity index (χ0) is 19.8. The number of aryl methyl sites for hydroxylation is 1. The van der Waals surface area contributed by atoms with E-state index in [4.69, 9.17) is 9.47 Å². The minimum atomic E-state index is -0.374. The maximum absolute atomic E-state index is 13.2. The van der Waals surface area contributed by atoms with Crippen molar-refractivity contribution in [3.05, 3.63) is 45.9 Å². The van der Waals surface area contributed by atoms with Gasteiger partial charge in [-0.05, 0) is 56.2 Å². The molecule has 28 heavy (non-hydrogen) atoms. The molecule has 2 bridgehead atoms. The van der Waals surface area contributed by atoms with E-state index in [0.29, 0.717) is 34.7 Å². The van der Waals surface area contributed by atoms with E-state index in [9.17, 15) is 9.59 Å². The van der Waals surface area contributed by atoms with Crippen LogP contribution in [-0.4, -0.2) is 29.8 Å². The van der Waals surface area contributed by atoms with Crippen LogP contribution in [-0.2, 0) is 0 Å². The molecular formula is C22H26N2O4. The van der Waals surface area contributed by atoms with Crippen molar-refractivity contribution in [2.24, 2.45) is 17.8 Å². The number of ether oxygens (including phenoxy) is 2. The first-order chi connectivity index (χ1) is 13.5. The largest absolute Gasteiger partial charge is 0.493 e. The Hall–Kier alpha value is -2.63. The first-order valence-corrected chi connectivity index (χ1v) is 9.87. The Bertz CT molecular complexity index is 953. The van der Waals surface area contributed by atoms with E-state index in [-0.39, 0.29) is 22.8 Å². The molecule has 2 unspecified atom stereocenters. The minimum absolute atomic E-state index is 0.0265. The summed E-state index contributed by atoms with van der Waals surface area (Å²) in [5, 5.41) is 4.36. The Morgan fingerprint density at radius 3 is 2.36 bits per heavy atom. The van der Waals surface area contributed by atoms with Crippen LogP contribution < -0.4 is 15.0 Å². The molecule has 0 saturated heterocycles. The number of nitrogens with zero attached hydrogens (tertiary/aromatic N) is 2. The summed E-state index contributed by atoms with van der Waals surface area (Å²) in [5.41, 5.74) is 1.05. The second-order valence-electron chi connectivity index (χ2n) is 8.03. The van der Waals surface area contributed by atoms with Gasteiger partial charge in [0.25, 0.3) is 5.56 Å². The maximum Gasteiger partial charge on any atom is 0.282 e. The van der Waals surface area contributed by atoms with Gasteiger partial charge in [0.2, 0.25) is 0 Å². The van der Waals surface area contributed by atoms with Gasteiger partial charge in [-0.1, -0.05) is 12.8 Å². The zero-order valence-corrected chi connectivity index (χ0v) is 16.6. The number of benzene rings is 1. The van der Waals surface area contributed by atoms with Gasteiger partial charge in [-0.3, -0.25) is 9.59 Å². The normalized spacial score (nSPS) is 23.5. The number of Topliss-reactive ketones (excluding diaryl/α,β-unsaturated/α-hetero) is 1. The van der Waals surface area contributed by atoms with Crippen LogP contribution in [0.25, 0.3) is 5.69 Å². The maximum atomic E-state index is 13.2. The van der Waals surface area contributed by atoms with Crippen LogP contribution in [0.1, 0.15) is 48.2 Å². The van der Waals surface area contributed by atoms with Crippen molar-refractivity contribution in [2.75, 3.05) is 14.2 Å². The van der Waals surface area contributed by atoms with E-state index in [0.717, 1.165) is 12.8 Å². The highest BCUT2D eigenvalue weighted by molar-refractivity contribution is 5.97. The Morgan fingerprint density at radius 1 is 1.04 bits per heavy atom. The second kappa shape index (κ2) is 7.41. The van der Waals surface area contributed by atoms with Gasteiger partial charge in [0.1, 0.15) is 0 Å². The average molecular weight is 382 g/mol. The van der Waals surface area contributed by atoms with Crippen LogP contribution in [0.4, 0.5) is 0 Å². The topological polar surface area (TPSA) is 70.4 Å². The fraction of sp³-hybridized carbons (Fsp3) is 0.500. The molecule has 0 aliphatic heterocycles. The highest BCUT2D eigenvalue weighted by Crippen LogP contribution is 2.45. The standard InChI is InChI=1S/C22H26N2O4/c1-13-8-18(21(25)16-10-14-4-5-15(9-14)11-16)22(26)24(23-13)17-6-7-19(27-2)20(12-17)28-3/h6-8,12,14-16H,4-5,9-11H2,1-3H3. The molecule has 148 valence electrons. The lowest BCUT2D eigenvalue weighted by Gasteiger charge is -2.26. The molecule has 6 nitrogen and oxygen atoms in total. The van der Waals surface area contributed by atoms with E-state index in [1.807, 2.05) is 0 Å². The summed E-state index contributed by atoms with van der Waals surface area (Å²) in [6.07, 6.45) is 5.51. The van der Waals surface area contributed by atoms with Gasteiger partial charge in [0.05, 0.1) is 31.2 Å². The SMILES string of the molecule is COc1ccc(-n2nc(C)cc(C(=O)C3CC4CCC(C4)C3)c2=O)cc1OC. The van der Waals surface area contributed by atoms with Crippen LogP contribution >= 0.6 is 0 Å². The van der Waals surface area contributed by atoms with Gasteiger partial charge in [0, 0.05) is 12.0 Å². The number of carbonyl (C=O) groups is 1. The number of aromatic nitrogens is 2. The Kier molecular flexibility index (Phi) is 4.96. The highest BCUT2D eigenvalue weighted by Gasteiger charge is 2.38. The molecule has 6 heteroatoms. The molecule has 4 rings (SSSR count). The van der Waals surface area contributed by atoms with Crippen molar-refractivity contribution in [2.45, 2.75) is 39.0 Å². The number of rotatable bonds is 5. The van der Waals surface area contributed by atoms with Crippen molar-refractivity contribution in [1.29, 1.82) is 0 Å². The molecule has 0 amide bonds. The number of carbonyl (C=O) groups excluding carboxylic acids is 1. The van der Waals surface area contributed by atoms with Gasteiger partial charge in [0.15, 0.2) is 17.3 Å². The fourth-order valence-corrected chi connectivity index (χ4v) is 4.87. The van der Waals surface area contributed by atoms with Crippen LogP contribution in [0.15, 0.2) is 29.1 Å².